The number of carbonyl (C=O) groups is 3. The smallest absolute Gasteiger partial charge is 0.361 e. The summed E-state index contributed by atoms with van der Waals surface area (Å²) in [7, 11) is 5.95. The van der Waals surface area contributed by atoms with Crippen molar-refractivity contribution in [1.29, 1.82) is 0 Å². The van der Waals surface area contributed by atoms with Crippen molar-refractivity contribution in [2.24, 2.45) is 0 Å². The number of carboxylic acids is 1. The third-order valence-corrected chi connectivity index (χ3v) is 11.9. The van der Waals surface area contributed by atoms with E-state index in [2.05, 4.69) is 135 Å². The first-order chi connectivity index (χ1) is 36.1. The summed E-state index contributed by atoms with van der Waals surface area (Å²) in [6.07, 6.45) is 74.4. The van der Waals surface area contributed by atoms with E-state index >= 15 is 0 Å². The maximum atomic E-state index is 12.8. The Morgan fingerprint density at radius 3 is 1.16 bits per heavy atom. The van der Waals surface area contributed by atoms with Crippen LogP contribution in [0.5, 0.6) is 0 Å². The van der Waals surface area contributed by atoms with Gasteiger partial charge in [0.25, 0.3) is 6.29 Å². The molecule has 0 spiro atoms. The molecule has 0 heterocycles. The number of carboxylic acid groups (broad SMARTS) is 1. The van der Waals surface area contributed by atoms with Gasteiger partial charge in [-0.25, -0.2) is 4.79 Å². The number of aliphatic carboxylic acids is 1. The Kier molecular flexibility index (Phi) is 51.7. The summed E-state index contributed by atoms with van der Waals surface area (Å²) < 4.78 is 22.8. The van der Waals surface area contributed by atoms with E-state index in [1.807, 2.05) is 21.1 Å². The molecule has 0 rings (SSSR count). The molecule has 0 radical (unpaired) electrons. The number of rotatable bonds is 52. The largest absolute Gasteiger partial charge is 0.477 e. The molecule has 0 aliphatic heterocycles. The van der Waals surface area contributed by atoms with Crippen molar-refractivity contribution in [3.05, 3.63) is 122 Å². The van der Waals surface area contributed by atoms with Crippen LogP contribution in [-0.2, 0) is 33.3 Å². The third kappa shape index (κ3) is 55.4. The number of quaternary nitrogens is 1. The number of esters is 2. The van der Waals surface area contributed by atoms with Crippen molar-refractivity contribution in [3.63, 3.8) is 0 Å². The second-order valence-corrected chi connectivity index (χ2v) is 20.2. The van der Waals surface area contributed by atoms with Crippen molar-refractivity contribution in [3.8, 4) is 0 Å². The summed E-state index contributed by atoms with van der Waals surface area (Å²) in [6, 6.07) is 0. The first-order valence-corrected chi connectivity index (χ1v) is 29.2. The number of allylic oxidation sites excluding steroid dienone is 20. The summed E-state index contributed by atoms with van der Waals surface area (Å²) >= 11 is 0. The first-order valence-electron chi connectivity index (χ1n) is 29.2. The van der Waals surface area contributed by atoms with Gasteiger partial charge in [-0.15, -0.1) is 0 Å². The molecule has 2 unspecified atom stereocenters. The first kappa shape index (κ1) is 69.7. The van der Waals surface area contributed by atoms with Gasteiger partial charge in [0.15, 0.2) is 6.10 Å². The maximum absolute atomic E-state index is 12.8. The predicted octanol–water partition coefficient (Wildman–Crippen LogP) is 17.3. The van der Waals surface area contributed by atoms with Crippen LogP contribution in [-0.4, -0.2) is 87.4 Å². The zero-order valence-corrected chi connectivity index (χ0v) is 47.7. The van der Waals surface area contributed by atoms with Gasteiger partial charge >= 0.3 is 17.9 Å². The standard InChI is InChI=1S/C65H107NO8/c1-6-8-10-12-14-16-18-19-20-21-22-23-24-25-26-27-28-29-30-31-32-33-34-35-36-37-38-39-40-41-42-43-44-45-46-48-50-52-54-56-63(68)74-61(60-73-65(64(69)70)71-58-57-66(3,4)5)59-72-62(67)55-53-51-49-47-17-15-13-11-9-7-2/h8,10-11,13-14,16,19-20,22-23,25-26,28-29,31-32,34-35,37-38,61,65H,6-7,9,12,15,17-18,21,24,27,30,33,36,39-60H2,1-5H3/p+1/b10-8-,13-11-,16-14-,20-19-,23-22-,26-25-,29-28-,32-31-,35-34-,38-37-. The molecule has 2 atom stereocenters. The summed E-state index contributed by atoms with van der Waals surface area (Å²) in [4.78, 5) is 37.2. The highest BCUT2D eigenvalue weighted by atomic mass is 16.7. The van der Waals surface area contributed by atoms with Gasteiger partial charge in [0.05, 0.1) is 34.4 Å². The molecule has 74 heavy (non-hydrogen) atoms. The van der Waals surface area contributed by atoms with Crippen molar-refractivity contribution in [2.75, 3.05) is 47.5 Å². The lowest BCUT2D eigenvalue weighted by Gasteiger charge is -2.25. The fourth-order valence-corrected chi connectivity index (χ4v) is 7.48. The Labute approximate surface area is 453 Å². The van der Waals surface area contributed by atoms with Crippen LogP contribution >= 0.6 is 0 Å². The maximum Gasteiger partial charge on any atom is 0.361 e. The lowest BCUT2D eigenvalue weighted by Crippen LogP contribution is -2.40. The molecule has 0 aliphatic rings. The molecule has 0 saturated carbocycles. The Morgan fingerprint density at radius 1 is 0.419 bits per heavy atom. The van der Waals surface area contributed by atoms with Gasteiger partial charge in [-0.05, 0) is 103 Å². The van der Waals surface area contributed by atoms with E-state index in [0.29, 0.717) is 17.4 Å². The van der Waals surface area contributed by atoms with Crippen LogP contribution in [0.2, 0.25) is 0 Å². The van der Waals surface area contributed by atoms with E-state index in [4.69, 9.17) is 18.9 Å². The van der Waals surface area contributed by atoms with E-state index in [9.17, 15) is 19.5 Å². The van der Waals surface area contributed by atoms with Crippen LogP contribution < -0.4 is 0 Å². The topological polar surface area (TPSA) is 108 Å². The Morgan fingerprint density at radius 2 is 0.770 bits per heavy atom. The molecule has 0 saturated heterocycles. The summed E-state index contributed by atoms with van der Waals surface area (Å²) in [5.41, 5.74) is 0. The van der Waals surface area contributed by atoms with E-state index in [1.54, 1.807) is 0 Å². The lowest BCUT2D eigenvalue weighted by atomic mass is 10.0. The summed E-state index contributed by atoms with van der Waals surface area (Å²) in [5, 5.41) is 9.67. The van der Waals surface area contributed by atoms with Crippen molar-refractivity contribution >= 4 is 17.9 Å². The average Bonchev–Trinajstić information content (AvgIpc) is 3.37. The molecule has 0 aromatic rings. The minimum atomic E-state index is -1.52. The number of nitrogens with zero attached hydrogens (tertiary/aromatic N) is 1. The van der Waals surface area contributed by atoms with E-state index in [0.717, 1.165) is 128 Å². The molecule has 0 aromatic heterocycles. The number of carbonyl (C=O) groups excluding carboxylic acids is 2. The molecular weight excluding hydrogens is 923 g/mol. The molecule has 0 aliphatic carbocycles. The zero-order valence-electron chi connectivity index (χ0n) is 47.7. The van der Waals surface area contributed by atoms with Gasteiger partial charge in [-0.1, -0.05) is 219 Å². The third-order valence-electron chi connectivity index (χ3n) is 11.9. The highest BCUT2D eigenvalue weighted by molar-refractivity contribution is 5.71. The molecule has 9 heteroatoms. The molecular formula is C65H108NO8+. The van der Waals surface area contributed by atoms with Gasteiger partial charge in [-0.2, -0.15) is 0 Å². The van der Waals surface area contributed by atoms with Crippen LogP contribution in [0.1, 0.15) is 213 Å². The van der Waals surface area contributed by atoms with Crippen LogP contribution in [0.3, 0.4) is 0 Å². The molecule has 0 fully saturated rings. The molecule has 420 valence electrons. The lowest BCUT2D eigenvalue weighted by molar-refractivity contribution is -0.870. The van der Waals surface area contributed by atoms with E-state index in [1.165, 1.54) is 51.4 Å². The molecule has 0 amide bonds. The fourth-order valence-electron chi connectivity index (χ4n) is 7.48. The fraction of sp³-hybridized carbons (Fsp3) is 0.646. The molecule has 1 N–H and O–H groups in total. The molecule has 9 nitrogen and oxygen atoms in total. The van der Waals surface area contributed by atoms with Gasteiger partial charge < -0.3 is 28.5 Å². The SMILES string of the molecule is CC/C=C\C/C=C\C/C=C\C/C=C\C/C=C\C/C=C\C/C=C\C/C=C\C/C=C\CCCCCCCCCCCCCC(=O)OC(COC(=O)CCCCCCC/C=C\CCC)COC(OCC[N+](C)(C)C)C(=O)O. The van der Waals surface area contributed by atoms with Crippen molar-refractivity contribution in [1.82, 2.24) is 0 Å². The highest BCUT2D eigenvalue weighted by Crippen LogP contribution is 2.15. The Bertz CT molecular complexity index is 1620. The Hall–Kier alpha value is -4.31. The van der Waals surface area contributed by atoms with Gasteiger partial charge in [-0.3, -0.25) is 9.59 Å². The molecule has 0 bridgehead atoms. The second kappa shape index (κ2) is 54.9. The van der Waals surface area contributed by atoms with Crippen LogP contribution in [0.4, 0.5) is 0 Å². The van der Waals surface area contributed by atoms with Crippen LogP contribution in [0.25, 0.3) is 0 Å². The normalized spacial score (nSPS) is 13.7. The average molecular weight is 1030 g/mol. The van der Waals surface area contributed by atoms with Gasteiger partial charge in [0.1, 0.15) is 13.2 Å². The number of hydrogen-bond donors (Lipinski definition) is 1. The highest BCUT2D eigenvalue weighted by Gasteiger charge is 2.25. The van der Waals surface area contributed by atoms with E-state index in [-0.39, 0.29) is 38.6 Å². The number of hydrogen-bond acceptors (Lipinski definition) is 7. The summed E-state index contributed by atoms with van der Waals surface area (Å²) in [5.74, 6) is -2.03. The zero-order chi connectivity index (χ0) is 54.1. The number of likely N-dealkylation sites (N-methyl/N-ethyl adjacent to an activating group) is 1. The Balaban J connectivity index is 4.09. The minimum absolute atomic E-state index is 0.181. The molecule has 0 aromatic carbocycles. The van der Waals surface area contributed by atoms with Gasteiger partial charge in [0.2, 0.25) is 0 Å². The van der Waals surface area contributed by atoms with Crippen molar-refractivity contribution in [2.45, 2.75) is 225 Å². The van der Waals surface area contributed by atoms with Crippen LogP contribution in [0.15, 0.2) is 122 Å². The number of unbranched alkanes of at least 4 members (excludes halogenated alkanes) is 17. The predicted molar refractivity (Wildman–Crippen MR) is 313 cm³/mol. The second-order valence-electron chi connectivity index (χ2n) is 20.2. The minimum Gasteiger partial charge on any atom is -0.477 e. The number of ether oxygens (including phenoxy) is 4. The monoisotopic (exact) mass is 1030 g/mol. The van der Waals surface area contributed by atoms with Gasteiger partial charge in [0, 0.05) is 12.8 Å². The van der Waals surface area contributed by atoms with Crippen LogP contribution in [0, 0.1) is 0 Å². The quantitative estimate of drug-likeness (QED) is 0.0211. The van der Waals surface area contributed by atoms with Crippen molar-refractivity contribution < 1.29 is 42.9 Å². The summed E-state index contributed by atoms with van der Waals surface area (Å²) in [6.45, 7) is 4.66. The van der Waals surface area contributed by atoms with E-state index < -0.39 is 24.3 Å².